The van der Waals surface area contributed by atoms with Crippen molar-refractivity contribution < 1.29 is 9.59 Å². The molecule has 0 bridgehead atoms. The van der Waals surface area contributed by atoms with Gasteiger partial charge in [0.05, 0.1) is 19.7 Å². The van der Waals surface area contributed by atoms with Crippen LogP contribution in [0.4, 0.5) is 11.4 Å². The van der Waals surface area contributed by atoms with Gasteiger partial charge in [-0.05, 0) is 36.1 Å². The highest BCUT2D eigenvalue weighted by Crippen LogP contribution is 2.27. The number of hydrazine groups is 1. The fourth-order valence-electron chi connectivity index (χ4n) is 4.02. The SMILES string of the molecule is C.[C-]#[N+]c1ccc(C)c(N(CC(=O)NCCCCC)CC(=O)N(C)N2Cc3ccccc3C2)c1. The third-order valence-corrected chi connectivity index (χ3v) is 6.03. The molecule has 2 aromatic rings. The van der Waals surface area contributed by atoms with Crippen molar-refractivity contribution in [1.82, 2.24) is 15.3 Å². The molecule has 7 nitrogen and oxygen atoms in total. The molecule has 2 aromatic carbocycles. The Morgan fingerprint density at radius 1 is 1.09 bits per heavy atom. The van der Waals surface area contributed by atoms with Gasteiger partial charge in [-0.1, -0.05) is 63.6 Å². The molecule has 0 saturated heterocycles. The minimum Gasteiger partial charge on any atom is -0.355 e. The van der Waals surface area contributed by atoms with E-state index in [0.717, 1.165) is 30.5 Å². The van der Waals surface area contributed by atoms with Crippen molar-refractivity contribution in [3.63, 3.8) is 0 Å². The third kappa shape index (κ3) is 6.82. The Hall–Kier alpha value is -3.37. The van der Waals surface area contributed by atoms with Crippen molar-refractivity contribution in [2.45, 2.75) is 53.6 Å². The van der Waals surface area contributed by atoms with Crippen LogP contribution in [0.1, 0.15) is 50.3 Å². The summed E-state index contributed by atoms with van der Waals surface area (Å²) in [5.74, 6) is -0.225. The number of carbonyl (C=O) groups is 2. The van der Waals surface area contributed by atoms with Crippen molar-refractivity contribution in [3.8, 4) is 0 Å². The molecule has 1 aliphatic heterocycles. The summed E-state index contributed by atoms with van der Waals surface area (Å²) in [6, 6.07) is 13.6. The van der Waals surface area contributed by atoms with Crippen LogP contribution in [0.2, 0.25) is 0 Å². The molecule has 0 aliphatic carbocycles. The minimum atomic E-state index is -0.122. The molecule has 2 amide bonds. The van der Waals surface area contributed by atoms with Gasteiger partial charge in [0.2, 0.25) is 5.91 Å². The van der Waals surface area contributed by atoms with E-state index in [1.165, 1.54) is 11.1 Å². The number of hydrogen-bond acceptors (Lipinski definition) is 4. The van der Waals surface area contributed by atoms with Crippen LogP contribution in [-0.2, 0) is 22.7 Å². The maximum atomic E-state index is 13.3. The number of rotatable bonds is 10. The lowest BCUT2D eigenvalue weighted by atomic mass is 10.1. The van der Waals surface area contributed by atoms with Gasteiger partial charge in [0, 0.05) is 32.4 Å². The van der Waals surface area contributed by atoms with Crippen molar-refractivity contribution in [3.05, 3.63) is 70.6 Å². The third-order valence-electron chi connectivity index (χ3n) is 6.03. The van der Waals surface area contributed by atoms with E-state index in [1.807, 2.05) is 30.1 Å². The standard InChI is InChI=1S/C26H33N5O2.CH4/c1-5-6-9-14-28-25(32)18-30(24-15-23(27-3)13-12-20(24)2)19-26(33)29(4)31-16-21-10-7-8-11-22(21)17-31;/h7-8,10-13,15H,5-6,9,14,16-19H2,1-2,4H3,(H,28,32);1H4. The first-order valence-electron chi connectivity index (χ1n) is 11.5. The minimum absolute atomic E-state index is 0. The Morgan fingerprint density at radius 3 is 2.38 bits per heavy atom. The van der Waals surface area contributed by atoms with Crippen molar-refractivity contribution in [2.75, 3.05) is 31.6 Å². The van der Waals surface area contributed by atoms with Gasteiger partial charge < -0.3 is 10.2 Å². The van der Waals surface area contributed by atoms with Gasteiger partial charge in [0.25, 0.3) is 5.91 Å². The molecule has 1 N–H and O–H groups in total. The molecular weight excluding hydrogens is 426 g/mol. The maximum absolute atomic E-state index is 13.3. The largest absolute Gasteiger partial charge is 0.355 e. The van der Waals surface area contributed by atoms with E-state index in [-0.39, 0.29) is 32.3 Å². The number of aryl methyl sites for hydroxylation is 1. The van der Waals surface area contributed by atoms with Gasteiger partial charge in [-0.15, -0.1) is 0 Å². The monoisotopic (exact) mass is 463 g/mol. The van der Waals surface area contributed by atoms with Gasteiger partial charge in [-0.3, -0.25) is 14.6 Å². The molecule has 0 fully saturated rings. The zero-order valence-electron chi connectivity index (χ0n) is 19.8. The summed E-state index contributed by atoms with van der Waals surface area (Å²) in [4.78, 5) is 31.2. The van der Waals surface area contributed by atoms with E-state index in [4.69, 9.17) is 6.57 Å². The van der Waals surface area contributed by atoms with E-state index in [0.29, 0.717) is 25.3 Å². The van der Waals surface area contributed by atoms with Crippen LogP contribution in [0, 0.1) is 13.5 Å². The predicted octanol–water partition coefficient (Wildman–Crippen LogP) is 4.68. The second-order valence-electron chi connectivity index (χ2n) is 8.50. The van der Waals surface area contributed by atoms with Crippen LogP contribution in [0.25, 0.3) is 4.85 Å². The molecule has 0 saturated carbocycles. The molecule has 182 valence electrons. The van der Waals surface area contributed by atoms with E-state index < -0.39 is 0 Å². The predicted molar refractivity (Wildman–Crippen MR) is 137 cm³/mol. The Balaban J connectivity index is 0.00000408. The van der Waals surface area contributed by atoms with Crippen LogP contribution in [0.3, 0.4) is 0 Å². The number of likely N-dealkylation sites (N-methyl/N-ethyl adjacent to an activating group) is 1. The number of benzene rings is 2. The molecule has 0 radical (unpaired) electrons. The first kappa shape index (κ1) is 26.9. The van der Waals surface area contributed by atoms with E-state index in [9.17, 15) is 9.59 Å². The molecule has 1 heterocycles. The lowest BCUT2D eigenvalue weighted by Gasteiger charge is -2.32. The number of fused-ring (bicyclic) bond motifs is 1. The van der Waals surface area contributed by atoms with Crippen LogP contribution in [-0.4, -0.2) is 48.5 Å². The molecule has 7 heteroatoms. The lowest BCUT2D eigenvalue weighted by Crippen LogP contribution is -2.48. The van der Waals surface area contributed by atoms with Gasteiger partial charge in [0.15, 0.2) is 5.69 Å². The van der Waals surface area contributed by atoms with Gasteiger partial charge in [-0.25, -0.2) is 9.85 Å². The lowest BCUT2D eigenvalue weighted by molar-refractivity contribution is -0.145. The highest BCUT2D eigenvalue weighted by molar-refractivity contribution is 5.87. The highest BCUT2D eigenvalue weighted by atomic mass is 16.2. The molecule has 0 unspecified atom stereocenters. The Morgan fingerprint density at radius 2 is 1.76 bits per heavy atom. The molecule has 0 aromatic heterocycles. The quantitative estimate of drug-likeness (QED) is 0.410. The topological polar surface area (TPSA) is 60.3 Å². The Bertz CT molecular complexity index is 1000. The highest BCUT2D eigenvalue weighted by Gasteiger charge is 2.27. The van der Waals surface area contributed by atoms with E-state index in [1.54, 1.807) is 29.1 Å². The second kappa shape index (κ2) is 12.8. The first-order chi connectivity index (χ1) is 15.9. The summed E-state index contributed by atoms with van der Waals surface area (Å²) in [5, 5.41) is 6.62. The van der Waals surface area contributed by atoms with E-state index >= 15 is 0 Å². The molecule has 0 atom stereocenters. The van der Waals surface area contributed by atoms with E-state index in [2.05, 4.69) is 29.2 Å². The molecule has 1 aliphatic rings. The smallest absolute Gasteiger partial charge is 0.256 e. The summed E-state index contributed by atoms with van der Waals surface area (Å²) >= 11 is 0. The first-order valence-corrected chi connectivity index (χ1v) is 11.5. The summed E-state index contributed by atoms with van der Waals surface area (Å²) < 4.78 is 0. The molecular formula is C27H37N5O2. The number of unbranched alkanes of at least 4 members (excludes halogenated alkanes) is 2. The van der Waals surface area contributed by atoms with Crippen LogP contribution in [0.15, 0.2) is 42.5 Å². The van der Waals surface area contributed by atoms with Crippen molar-refractivity contribution >= 4 is 23.2 Å². The number of nitrogens with zero attached hydrogens (tertiary/aromatic N) is 4. The number of hydrogen-bond donors (Lipinski definition) is 1. The Labute approximate surface area is 204 Å². The zero-order valence-corrected chi connectivity index (χ0v) is 19.8. The van der Waals surface area contributed by atoms with Gasteiger partial charge in [0.1, 0.15) is 0 Å². The van der Waals surface area contributed by atoms with Crippen LogP contribution < -0.4 is 10.2 Å². The summed E-state index contributed by atoms with van der Waals surface area (Å²) in [6.07, 6.45) is 3.09. The average Bonchev–Trinajstić information content (AvgIpc) is 3.25. The van der Waals surface area contributed by atoms with Gasteiger partial charge in [-0.2, -0.15) is 0 Å². The molecule has 3 rings (SSSR count). The molecule has 34 heavy (non-hydrogen) atoms. The second-order valence-corrected chi connectivity index (χ2v) is 8.50. The normalized spacial score (nSPS) is 12.3. The summed E-state index contributed by atoms with van der Waals surface area (Å²) in [6.45, 7) is 13.5. The summed E-state index contributed by atoms with van der Waals surface area (Å²) in [7, 11) is 1.78. The van der Waals surface area contributed by atoms with Crippen molar-refractivity contribution in [2.24, 2.45) is 0 Å². The fourth-order valence-corrected chi connectivity index (χ4v) is 4.02. The fraction of sp³-hybridized carbons (Fsp3) is 0.444. The van der Waals surface area contributed by atoms with Crippen LogP contribution in [0.5, 0.6) is 0 Å². The zero-order chi connectivity index (χ0) is 23.8. The number of anilines is 1. The van der Waals surface area contributed by atoms with Crippen LogP contribution >= 0.6 is 0 Å². The number of nitrogens with one attached hydrogen (secondary N) is 1. The molecule has 0 spiro atoms. The van der Waals surface area contributed by atoms with Gasteiger partial charge >= 0.3 is 0 Å². The summed E-state index contributed by atoms with van der Waals surface area (Å²) in [5.41, 5.74) is 4.59. The Kier molecular flexibility index (Phi) is 10.1. The number of carbonyl (C=O) groups excluding carboxylic acids is 2. The number of amides is 2. The average molecular weight is 464 g/mol. The van der Waals surface area contributed by atoms with Crippen molar-refractivity contribution in [1.29, 1.82) is 0 Å². The maximum Gasteiger partial charge on any atom is 0.256 e.